The summed E-state index contributed by atoms with van der Waals surface area (Å²) < 4.78 is 35.7. The summed E-state index contributed by atoms with van der Waals surface area (Å²) in [5.74, 6) is 0.952. The van der Waals surface area contributed by atoms with Crippen molar-refractivity contribution in [3.8, 4) is 11.5 Å². The molecule has 2 aromatic rings. The number of carbonyl (C=O) groups is 1. The lowest BCUT2D eigenvalue weighted by atomic mass is 10.2. The monoisotopic (exact) mass is 404 g/mol. The number of anilines is 2. The second kappa shape index (κ2) is 9.80. The van der Waals surface area contributed by atoms with Crippen LogP contribution in [-0.2, 0) is 14.8 Å². The van der Waals surface area contributed by atoms with Gasteiger partial charge in [-0.1, -0.05) is 13.0 Å². The summed E-state index contributed by atoms with van der Waals surface area (Å²) in [5.41, 5.74) is 1.77. The van der Waals surface area contributed by atoms with Crippen LogP contribution in [0.1, 0.15) is 18.9 Å². The van der Waals surface area contributed by atoms with E-state index in [1.807, 2.05) is 13.0 Å². The van der Waals surface area contributed by atoms with Crippen LogP contribution in [0.4, 0.5) is 11.4 Å². The highest BCUT2D eigenvalue weighted by molar-refractivity contribution is 7.92. The number of ether oxygens (including phenoxy) is 2. The Kier molecular flexibility index (Phi) is 7.45. The molecule has 0 fully saturated rings. The predicted octanol–water partition coefficient (Wildman–Crippen LogP) is 3.51. The number of amides is 1. The topological polar surface area (TPSA) is 93.7 Å². The first-order chi connectivity index (χ1) is 13.3. The second-order valence-corrected chi connectivity index (χ2v) is 7.78. The molecule has 0 heterocycles. The summed E-state index contributed by atoms with van der Waals surface area (Å²) >= 11 is 0. The van der Waals surface area contributed by atoms with Crippen molar-refractivity contribution in [1.29, 1.82) is 0 Å². The van der Waals surface area contributed by atoms with E-state index in [1.54, 1.807) is 49.6 Å². The van der Waals surface area contributed by atoms with E-state index in [2.05, 4.69) is 10.0 Å². The normalized spacial score (nSPS) is 11.2. The molecule has 2 aromatic carbocycles. The van der Waals surface area contributed by atoms with Crippen molar-refractivity contribution in [2.45, 2.75) is 13.3 Å². The molecule has 0 unspecified atom stereocenters. The van der Waals surface area contributed by atoms with Gasteiger partial charge >= 0.3 is 0 Å². The van der Waals surface area contributed by atoms with Crippen molar-refractivity contribution < 1.29 is 22.7 Å². The minimum Gasteiger partial charge on any atom is -0.493 e. The summed E-state index contributed by atoms with van der Waals surface area (Å²) in [6, 6.07) is 11.8. The third-order valence-electron chi connectivity index (χ3n) is 3.53. The predicted molar refractivity (Wildman–Crippen MR) is 111 cm³/mol. The summed E-state index contributed by atoms with van der Waals surface area (Å²) in [5, 5.41) is 2.71. The average Bonchev–Trinajstić information content (AvgIpc) is 2.65. The number of carbonyl (C=O) groups excluding carboxylic acids is 1. The summed E-state index contributed by atoms with van der Waals surface area (Å²) in [7, 11) is -1.77. The van der Waals surface area contributed by atoms with Crippen molar-refractivity contribution in [2.75, 3.05) is 30.0 Å². The maximum atomic E-state index is 12.1. The maximum absolute atomic E-state index is 12.1. The fourth-order valence-electron chi connectivity index (χ4n) is 2.31. The van der Waals surface area contributed by atoms with E-state index in [4.69, 9.17) is 9.47 Å². The van der Waals surface area contributed by atoms with Crippen LogP contribution in [0.25, 0.3) is 6.08 Å². The maximum Gasteiger partial charge on any atom is 0.248 e. The average molecular weight is 404 g/mol. The van der Waals surface area contributed by atoms with E-state index in [-0.39, 0.29) is 5.91 Å². The molecular formula is C20H24N2O5S. The molecule has 2 N–H and O–H groups in total. The van der Waals surface area contributed by atoms with Gasteiger partial charge in [-0.2, -0.15) is 0 Å². The summed E-state index contributed by atoms with van der Waals surface area (Å²) in [6.07, 6.45) is 5.05. The fraction of sp³-hybridized carbons (Fsp3) is 0.250. The van der Waals surface area contributed by atoms with Gasteiger partial charge in [-0.3, -0.25) is 9.52 Å². The van der Waals surface area contributed by atoms with Gasteiger partial charge in [-0.25, -0.2) is 8.42 Å². The van der Waals surface area contributed by atoms with Crippen LogP contribution in [0.5, 0.6) is 11.5 Å². The molecule has 150 valence electrons. The minimum absolute atomic E-state index is 0.311. The third kappa shape index (κ3) is 6.96. The highest BCUT2D eigenvalue weighted by Crippen LogP contribution is 2.28. The number of nitrogens with one attached hydrogen (secondary N) is 2. The van der Waals surface area contributed by atoms with E-state index >= 15 is 0 Å². The zero-order valence-corrected chi connectivity index (χ0v) is 16.9. The van der Waals surface area contributed by atoms with Gasteiger partial charge in [0.05, 0.1) is 20.0 Å². The molecule has 1 amide bonds. The number of methoxy groups -OCH3 is 1. The quantitative estimate of drug-likeness (QED) is 0.624. The number of rotatable bonds is 9. The Bertz CT molecular complexity index is 938. The number of hydrogen-bond donors (Lipinski definition) is 2. The molecule has 0 radical (unpaired) electrons. The van der Waals surface area contributed by atoms with Crippen LogP contribution in [0.15, 0.2) is 48.5 Å². The standard InChI is InChI=1S/C20H24N2O5S/c1-4-13-27-18-11-5-15(14-19(18)26-2)6-12-20(23)21-16-7-9-17(10-8-16)22-28(3,24)25/h5-12,14,22H,4,13H2,1-3H3,(H,21,23)/b12-6+. The Morgan fingerprint density at radius 2 is 1.75 bits per heavy atom. The highest BCUT2D eigenvalue weighted by atomic mass is 32.2. The molecule has 0 saturated heterocycles. The van der Waals surface area contributed by atoms with E-state index in [9.17, 15) is 13.2 Å². The van der Waals surface area contributed by atoms with Gasteiger partial charge in [0.25, 0.3) is 0 Å². The zero-order chi connectivity index (χ0) is 20.6. The Hall–Kier alpha value is -3.00. The molecular weight excluding hydrogens is 380 g/mol. The van der Waals surface area contributed by atoms with Gasteiger partial charge in [0.15, 0.2) is 11.5 Å². The van der Waals surface area contributed by atoms with Crippen molar-refractivity contribution in [1.82, 2.24) is 0 Å². The van der Waals surface area contributed by atoms with E-state index < -0.39 is 10.0 Å². The SMILES string of the molecule is CCCOc1ccc(/C=C/C(=O)Nc2ccc(NS(C)(=O)=O)cc2)cc1OC. The van der Waals surface area contributed by atoms with Crippen molar-refractivity contribution >= 4 is 33.4 Å². The first-order valence-corrected chi connectivity index (χ1v) is 10.6. The lowest BCUT2D eigenvalue weighted by Crippen LogP contribution is -2.10. The Morgan fingerprint density at radius 1 is 1.07 bits per heavy atom. The lowest BCUT2D eigenvalue weighted by Gasteiger charge is -2.10. The van der Waals surface area contributed by atoms with Gasteiger partial charge in [0.1, 0.15) is 0 Å². The van der Waals surface area contributed by atoms with Crippen molar-refractivity contribution in [2.24, 2.45) is 0 Å². The van der Waals surface area contributed by atoms with Gasteiger partial charge in [0, 0.05) is 17.5 Å². The largest absolute Gasteiger partial charge is 0.493 e. The molecule has 0 aromatic heterocycles. The van der Waals surface area contributed by atoms with Crippen LogP contribution >= 0.6 is 0 Å². The number of sulfonamides is 1. The highest BCUT2D eigenvalue weighted by Gasteiger charge is 2.05. The molecule has 8 heteroatoms. The molecule has 2 rings (SSSR count). The van der Waals surface area contributed by atoms with Gasteiger partial charge in [-0.05, 0) is 54.5 Å². The molecule has 0 spiro atoms. The van der Waals surface area contributed by atoms with E-state index in [0.29, 0.717) is 29.5 Å². The fourth-order valence-corrected chi connectivity index (χ4v) is 2.87. The van der Waals surface area contributed by atoms with Gasteiger partial charge in [0.2, 0.25) is 15.9 Å². The smallest absolute Gasteiger partial charge is 0.248 e. The van der Waals surface area contributed by atoms with Crippen LogP contribution in [0.2, 0.25) is 0 Å². The van der Waals surface area contributed by atoms with Gasteiger partial charge < -0.3 is 14.8 Å². The minimum atomic E-state index is -3.33. The second-order valence-electron chi connectivity index (χ2n) is 6.03. The number of benzene rings is 2. The Labute approximate surface area is 165 Å². The third-order valence-corrected chi connectivity index (χ3v) is 4.14. The van der Waals surface area contributed by atoms with Crippen LogP contribution in [-0.4, -0.2) is 34.3 Å². The molecule has 7 nitrogen and oxygen atoms in total. The van der Waals surface area contributed by atoms with E-state index in [0.717, 1.165) is 18.2 Å². The summed E-state index contributed by atoms with van der Waals surface area (Å²) in [4.78, 5) is 12.1. The number of hydrogen-bond acceptors (Lipinski definition) is 5. The molecule has 28 heavy (non-hydrogen) atoms. The molecule has 0 aliphatic rings. The lowest BCUT2D eigenvalue weighted by molar-refractivity contribution is -0.111. The van der Waals surface area contributed by atoms with Gasteiger partial charge in [-0.15, -0.1) is 0 Å². The van der Waals surface area contributed by atoms with Crippen LogP contribution in [0.3, 0.4) is 0 Å². The molecule has 0 atom stereocenters. The molecule has 0 bridgehead atoms. The van der Waals surface area contributed by atoms with Crippen molar-refractivity contribution in [3.63, 3.8) is 0 Å². The molecule has 0 aliphatic heterocycles. The van der Waals surface area contributed by atoms with Crippen LogP contribution in [0, 0.1) is 0 Å². The summed E-state index contributed by atoms with van der Waals surface area (Å²) in [6.45, 7) is 2.63. The van der Waals surface area contributed by atoms with Crippen molar-refractivity contribution in [3.05, 3.63) is 54.1 Å². The van der Waals surface area contributed by atoms with Crippen LogP contribution < -0.4 is 19.5 Å². The molecule has 0 saturated carbocycles. The first kappa shape index (κ1) is 21.3. The first-order valence-electron chi connectivity index (χ1n) is 8.68. The Balaban J connectivity index is 1.99. The zero-order valence-electron chi connectivity index (χ0n) is 16.1. The Morgan fingerprint density at radius 3 is 2.36 bits per heavy atom. The molecule has 0 aliphatic carbocycles. The van der Waals surface area contributed by atoms with E-state index in [1.165, 1.54) is 6.08 Å².